The molecule has 0 aliphatic rings. The summed E-state index contributed by atoms with van der Waals surface area (Å²) in [6.45, 7) is 9.46. The van der Waals surface area contributed by atoms with Gasteiger partial charge in [-0.15, -0.1) is 0 Å². The van der Waals surface area contributed by atoms with Crippen molar-refractivity contribution in [1.29, 1.82) is 0 Å². The van der Waals surface area contributed by atoms with Crippen LogP contribution in [0.2, 0.25) is 0 Å². The second kappa shape index (κ2) is 10.4. The monoisotopic (exact) mass is 296 g/mol. The molecule has 0 saturated carbocycles. The lowest BCUT2D eigenvalue weighted by Gasteiger charge is -2.23. The quantitative estimate of drug-likeness (QED) is 0.501. The van der Waals surface area contributed by atoms with Gasteiger partial charge in [0, 0.05) is 44.6 Å². The van der Waals surface area contributed by atoms with Crippen molar-refractivity contribution in [3.05, 3.63) is 23.8 Å². The lowest BCUT2D eigenvalue weighted by molar-refractivity contribution is 0.0798. The zero-order chi connectivity index (χ0) is 15.5. The van der Waals surface area contributed by atoms with Crippen molar-refractivity contribution in [3.8, 4) is 5.75 Å². The van der Waals surface area contributed by atoms with E-state index in [9.17, 15) is 0 Å². The molecule has 0 aromatic heterocycles. The van der Waals surface area contributed by atoms with Gasteiger partial charge in [-0.1, -0.05) is 6.07 Å². The first-order valence-corrected chi connectivity index (χ1v) is 7.51. The summed E-state index contributed by atoms with van der Waals surface area (Å²) >= 11 is 0. The number of benzene rings is 1. The Bertz CT molecular complexity index is 389. The van der Waals surface area contributed by atoms with Gasteiger partial charge in [0.2, 0.25) is 0 Å². The van der Waals surface area contributed by atoms with E-state index in [0.717, 1.165) is 63.1 Å². The normalized spacial score (nSPS) is 11.0. The van der Waals surface area contributed by atoms with Crippen molar-refractivity contribution in [2.75, 3.05) is 52.4 Å². The summed E-state index contributed by atoms with van der Waals surface area (Å²) in [6, 6.07) is 5.82. The first-order chi connectivity index (χ1) is 10.2. The topological polar surface area (TPSA) is 57.0 Å². The third-order valence-electron chi connectivity index (χ3n) is 3.26. The molecule has 0 radical (unpaired) electrons. The fourth-order valence-corrected chi connectivity index (χ4v) is 2.03. The summed E-state index contributed by atoms with van der Waals surface area (Å²) in [5, 5.41) is 0. The smallest absolute Gasteiger partial charge is 0.120 e. The highest BCUT2D eigenvalue weighted by Crippen LogP contribution is 2.20. The van der Waals surface area contributed by atoms with E-state index in [1.807, 2.05) is 32.0 Å². The Morgan fingerprint density at radius 1 is 1.05 bits per heavy atom. The summed E-state index contributed by atoms with van der Waals surface area (Å²) in [7, 11) is 1.64. The summed E-state index contributed by atoms with van der Waals surface area (Å²) in [5.41, 5.74) is 7.94. The molecule has 21 heavy (non-hydrogen) atoms. The van der Waals surface area contributed by atoms with Crippen LogP contribution in [0, 0.1) is 0 Å². The number of anilines is 1. The molecule has 0 unspecified atom stereocenters. The Kier molecular flexibility index (Phi) is 8.82. The number of rotatable bonds is 11. The SMILES string of the molecule is CCOCCN(CCOCC)Cc1ccc(OC)cc1N. The van der Waals surface area contributed by atoms with Gasteiger partial charge in [0.15, 0.2) is 0 Å². The minimum atomic E-state index is 0.721. The number of methoxy groups -OCH3 is 1. The molecule has 0 heterocycles. The summed E-state index contributed by atoms with van der Waals surface area (Å²) < 4.78 is 16.1. The highest BCUT2D eigenvalue weighted by Gasteiger charge is 2.09. The van der Waals surface area contributed by atoms with E-state index >= 15 is 0 Å². The second-order valence-corrected chi connectivity index (χ2v) is 4.73. The van der Waals surface area contributed by atoms with Gasteiger partial charge in [0.05, 0.1) is 20.3 Å². The van der Waals surface area contributed by atoms with E-state index in [2.05, 4.69) is 4.90 Å². The van der Waals surface area contributed by atoms with Crippen molar-refractivity contribution in [1.82, 2.24) is 4.90 Å². The number of hydrogen-bond acceptors (Lipinski definition) is 5. The van der Waals surface area contributed by atoms with Crippen LogP contribution in [0.5, 0.6) is 5.75 Å². The fourth-order valence-electron chi connectivity index (χ4n) is 2.03. The molecule has 0 amide bonds. The Morgan fingerprint density at radius 2 is 1.67 bits per heavy atom. The van der Waals surface area contributed by atoms with E-state index in [4.69, 9.17) is 19.9 Å². The summed E-state index contributed by atoms with van der Waals surface area (Å²) in [5.74, 6) is 0.784. The summed E-state index contributed by atoms with van der Waals surface area (Å²) in [4.78, 5) is 2.30. The molecule has 120 valence electrons. The van der Waals surface area contributed by atoms with Crippen LogP contribution in [0.3, 0.4) is 0 Å². The Hall–Kier alpha value is -1.30. The van der Waals surface area contributed by atoms with Crippen LogP contribution in [0.15, 0.2) is 18.2 Å². The lowest BCUT2D eigenvalue weighted by atomic mass is 10.1. The van der Waals surface area contributed by atoms with Crippen LogP contribution in [0.4, 0.5) is 5.69 Å². The lowest BCUT2D eigenvalue weighted by Crippen LogP contribution is -2.31. The molecular formula is C16H28N2O3. The molecule has 1 aromatic carbocycles. The predicted octanol–water partition coefficient (Wildman–Crippen LogP) is 2.15. The van der Waals surface area contributed by atoms with Gasteiger partial charge in [-0.05, 0) is 25.5 Å². The van der Waals surface area contributed by atoms with Crippen molar-refractivity contribution < 1.29 is 14.2 Å². The third-order valence-corrected chi connectivity index (χ3v) is 3.26. The molecule has 0 aliphatic carbocycles. The van der Waals surface area contributed by atoms with Crippen LogP contribution >= 0.6 is 0 Å². The molecule has 0 spiro atoms. The summed E-state index contributed by atoms with van der Waals surface area (Å²) in [6.07, 6.45) is 0. The average Bonchev–Trinajstić information content (AvgIpc) is 2.49. The van der Waals surface area contributed by atoms with Gasteiger partial charge in [0.25, 0.3) is 0 Å². The molecule has 0 aliphatic heterocycles. The van der Waals surface area contributed by atoms with Crippen LogP contribution in [0.25, 0.3) is 0 Å². The number of nitrogens with zero attached hydrogens (tertiary/aromatic N) is 1. The highest BCUT2D eigenvalue weighted by molar-refractivity contribution is 5.51. The first-order valence-electron chi connectivity index (χ1n) is 7.51. The van der Waals surface area contributed by atoms with E-state index in [1.165, 1.54) is 0 Å². The molecule has 0 bridgehead atoms. The van der Waals surface area contributed by atoms with Crippen LogP contribution in [-0.2, 0) is 16.0 Å². The molecule has 0 atom stereocenters. The van der Waals surface area contributed by atoms with E-state index in [0.29, 0.717) is 0 Å². The minimum absolute atomic E-state index is 0.721. The Balaban J connectivity index is 2.60. The van der Waals surface area contributed by atoms with Gasteiger partial charge >= 0.3 is 0 Å². The van der Waals surface area contributed by atoms with E-state index in [1.54, 1.807) is 7.11 Å². The van der Waals surface area contributed by atoms with Crippen molar-refractivity contribution >= 4 is 5.69 Å². The zero-order valence-corrected chi connectivity index (χ0v) is 13.4. The second-order valence-electron chi connectivity index (χ2n) is 4.73. The number of nitrogens with two attached hydrogens (primary N) is 1. The molecule has 1 rings (SSSR count). The maximum absolute atomic E-state index is 6.09. The van der Waals surface area contributed by atoms with Gasteiger partial charge < -0.3 is 19.9 Å². The molecule has 0 fully saturated rings. The standard InChI is InChI=1S/C16H28N2O3/c1-4-20-10-8-18(9-11-21-5-2)13-14-6-7-15(19-3)12-16(14)17/h6-7,12H,4-5,8-11,13,17H2,1-3H3. The predicted molar refractivity (Wildman–Crippen MR) is 85.7 cm³/mol. The van der Waals surface area contributed by atoms with Crippen LogP contribution < -0.4 is 10.5 Å². The highest BCUT2D eigenvalue weighted by atomic mass is 16.5. The minimum Gasteiger partial charge on any atom is -0.497 e. The number of hydrogen-bond donors (Lipinski definition) is 1. The maximum atomic E-state index is 6.09. The number of ether oxygens (including phenoxy) is 3. The van der Waals surface area contributed by atoms with Gasteiger partial charge in [-0.25, -0.2) is 0 Å². The largest absolute Gasteiger partial charge is 0.497 e. The molecule has 2 N–H and O–H groups in total. The van der Waals surface area contributed by atoms with Crippen LogP contribution in [-0.4, -0.2) is 51.5 Å². The third kappa shape index (κ3) is 6.80. The van der Waals surface area contributed by atoms with Gasteiger partial charge in [-0.2, -0.15) is 0 Å². The average molecular weight is 296 g/mol. The Morgan fingerprint density at radius 3 is 2.14 bits per heavy atom. The van der Waals surface area contributed by atoms with E-state index in [-0.39, 0.29) is 0 Å². The molecular weight excluding hydrogens is 268 g/mol. The first kappa shape index (κ1) is 17.8. The zero-order valence-electron chi connectivity index (χ0n) is 13.4. The van der Waals surface area contributed by atoms with Crippen molar-refractivity contribution in [3.63, 3.8) is 0 Å². The van der Waals surface area contributed by atoms with Gasteiger partial charge in [-0.3, -0.25) is 4.90 Å². The molecule has 5 nitrogen and oxygen atoms in total. The molecule has 5 heteroatoms. The van der Waals surface area contributed by atoms with Crippen molar-refractivity contribution in [2.24, 2.45) is 0 Å². The van der Waals surface area contributed by atoms with Crippen molar-refractivity contribution in [2.45, 2.75) is 20.4 Å². The van der Waals surface area contributed by atoms with Crippen LogP contribution in [0.1, 0.15) is 19.4 Å². The number of nitrogen functional groups attached to an aromatic ring is 1. The molecule has 0 saturated heterocycles. The van der Waals surface area contributed by atoms with Gasteiger partial charge in [0.1, 0.15) is 5.75 Å². The maximum Gasteiger partial charge on any atom is 0.120 e. The molecule has 1 aromatic rings. The fraction of sp³-hybridized carbons (Fsp3) is 0.625. The van der Waals surface area contributed by atoms with E-state index < -0.39 is 0 Å². The Labute approximate surface area is 128 Å².